The Morgan fingerprint density at radius 1 is 1.22 bits per heavy atom. The zero-order chi connectivity index (χ0) is 23.4. The van der Waals surface area contributed by atoms with Gasteiger partial charge >= 0.3 is 0 Å². The summed E-state index contributed by atoms with van der Waals surface area (Å²) < 4.78 is 0. The lowest BCUT2D eigenvalue weighted by molar-refractivity contribution is 0.499. The fraction of sp³-hybridized carbons (Fsp3) is 0.355. The Morgan fingerprint density at radius 2 is 1.94 bits per heavy atom. The molecule has 1 heteroatoms. The van der Waals surface area contributed by atoms with Crippen LogP contribution in [0.1, 0.15) is 65.6 Å². The summed E-state index contributed by atoms with van der Waals surface area (Å²) in [4.78, 5) is 2.53. The van der Waals surface area contributed by atoms with Crippen LogP contribution in [0.5, 0.6) is 0 Å². The number of benzene rings is 1. The molecule has 170 valence electrons. The second-order valence-corrected chi connectivity index (χ2v) is 8.91. The minimum Gasteiger partial charge on any atom is -0.337 e. The summed E-state index contributed by atoms with van der Waals surface area (Å²) in [6.45, 7) is 21.8. The average Bonchev–Trinajstić information content (AvgIpc) is 3.02. The minimum atomic E-state index is 0. The van der Waals surface area contributed by atoms with Gasteiger partial charge in [0.1, 0.15) is 0 Å². The van der Waals surface area contributed by atoms with E-state index >= 15 is 0 Å². The van der Waals surface area contributed by atoms with Gasteiger partial charge < -0.3 is 4.90 Å². The maximum absolute atomic E-state index is 4.36. The van der Waals surface area contributed by atoms with Gasteiger partial charge in [0.2, 0.25) is 0 Å². The molecule has 1 aromatic carbocycles. The van der Waals surface area contributed by atoms with E-state index in [0.717, 1.165) is 25.8 Å². The Labute approximate surface area is 197 Å². The maximum atomic E-state index is 4.36. The molecule has 4 rings (SSSR count). The number of nitrogens with zero attached hydrogens (tertiary/aromatic N) is 1. The van der Waals surface area contributed by atoms with E-state index in [-0.39, 0.29) is 1.43 Å². The van der Waals surface area contributed by atoms with E-state index in [1.807, 2.05) is 6.92 Å². The molecule has 0 radical (unpaired) electrons. The van der Waals surface area contributed by atoms with E-state index in [0.29, 0.717) is 5.92 Å². The van der Waals surface area contributed by atoms with Crippen molar-refractivity contribution in [2.24, 2.45) is 5.92 Å². The van der Waals surface area contributed by atoms with Gasteiger partial charge in [-0.2, -0.15) is 0 Å². The standard InChI is InChI=1S/C28H33N.C3H6.H2/c1-7-19(5)20(6)26-16-28-25-13-12-21-11-10-18(4)14-22(21)15-23(25)17-29(28)27(9-3)24(26)8-2;1-3-2;/h9-11,13-16,20H,5,7-8,12,17H2,1-4,6H3;3H,1H2,2H3;1H/b27-9+;;. The molecule has 3 aliphatic rings. The third kappa shape index (κ3) is 4.39. The number of hydrogen-bond acceptors (Lipinski definition) is 1. The molecule has 1 atom stereocenters. The van der Waals surface area contributed by atoms with Crippen LogP contribution >= 0.6 is 0 Å². The third-order valence-electron chi connectivity index (χ3n) is 6.80. The average molecular weight is 428 g/mol. The summed E-state index contributed by atoms with van der Waals surface area (Å²) in [6.07, 6.45) is 14.5. The molecule has 1 fully saturated rings. The smallest absolute Gasteiger partial charge is 0.0490 e. The van der Waals surface area contributed by atoms with Gasteiger partial charge in [0.25, 0.3) is 0 Å². The lowest BCUT2D eigenvalue weighted by Crippen LogP contribution is -2.24. The predicted molar refractivity (Wildman–Crippen MR) is 143 cm³/mol. The van der Waals surface area contributed by atoms with Crippen molar-refractivity contribution in [1.82, 2.24) is 4.90 Å². The Hall–Kier alpha value is -2.80. The van der Waals surface area contributed by atoms with E-state index in [2.05, 4.69) is 95.2 Å². The van der Waals surface area contributed by atoms with E-state index in [9.17, 15) is 0 Å². The van der Waals surface area contributed by atoms with Crippen molar-refractivity contribution < 1.29 is 1.43 Å². The second kappa shape index (κ2) is 10.2. The monoisotopic (exact) mass is 427 g/mol. The van der Waals surface area contributed by atoms with Crippen LogP contribution in [0.25, 0.3) is 6.08 Å². The fourth-order valence-electron chi connectivity index (χ4n) is 4.99. The van der Waals surface area contributed by atoms with Crippen LogP contribution in [0.2, 0.25) is 0 Å². The molecule has 0 aromatic heterocycles. The summed E-state index contributed by atoms with van der Waals surface area (Å²) in [6, 6.07) is 6.85. The highest BCUT2D eigenvalue weighted by atomic mass is 15.2. The lowest BCUT2D eigenvalue weighted by Gasteiger charge is -2.33. The molecule has 0 N–H and O–H groups in total. The molecule has 0 saturated carbocycles. The van der Waals surface area contributed by atoms with E-state index in [1.54, 1.807) is 6.08 Å². The van der Waals surface area contributed by atoms with Crippen LogP contribution in [0.4, 0.5) is 0 Å². The van der Waals surface area contributed by atoms with Gasteiger partial charge in [-0.15, -0.1) is 6.58 Å². The van der Waals surface area contributed by atoms with Crippen LogP contribution in [0.3, 0.4) is 0 Å². The minimum absolute atomic E-state index is 0. The molecule has 0 spiro atoms. The Bertz CT molecular complexity index is 1070. The van der Waals surface area contributed by atoms with Crippen molar-refractivity contribution in [3.63, 3.8) is 0 Å². The normalized spacial score (nSPS) is 18.9. The lowest BCUT2D eigenvalue weighted by atomic mass is 9.83. The van der Waals surface area contributed by atoms with Crippen LogP contribution in [-0.4, -0.2) is 11.4 Å². The number of hydrogen-bond donors (Lipinski definition) is 0. The Kier molecular flexibility index (Phi) is 7.61. The van der Waals surface area contributed by atoms with Gasteiger partial charge in [-0.25, -0.2) is 0 Å². The van der Waals surface area contributed by atoms with Crippen molar-refractivity contribution in [2.75, 3.05) is 6.54 Å². The highest BCUT2D eigenvalue weighted by Crippen LogP contribution is 2.46. The van der Waals surface area contributed by atoms with Gasteiger partial charge in [-0.05, 0) is 85.6 Å². The van der Waals surface area contributed by atoms with Crippen molar-refractivity contribution in [2.45, 2.75) is 60.8 Å². The second-order valence-electron chi connectivity index (χ2n) is 8.91. The summed E-state index contributed by atoms with van der Waals surface area (Å²) in [5.74, 6) is 0.388. The molecule has 2 heterocycles. The van der Waals surface area contributed by atoms with Crippen molar-refractivity contribution in [3.8, 4) is 0 Å². The molecule has 1 aliphatic carbocycles. The van der Waals surface area contributed by atoms with Crippen molar-refractivity contribution in [3.05, 3.63) is 112 Å². The van der Waals surface area contributed by atoms with E-state index in [4.69, 9.17) is 0 Å². The summed E-state index contributed by atoms with van der Waals surface area (Å²) >= 11 is 0. The number of rotatable bonds is 4. The number of fused-ring (bicyclic) bond motifs is 4. The van der Waals surface area contributed by atoms with Crippen molar-refractivity contribution >= 4 is 6.08 Å². The fourth-order valence-corrected chi connectivity index (χ4v) is 4.99. The SMILES string of the molecule is C=C(CC)C(C)C1=C(CC)/C(=C\C)N2CC3=Cc4cc(C)ccc4CC=C3C2=C1.C=CC.[HH]. The molecule has 2 aliphatic heterocycles. The van der Waals surface area contributed by atoms with Gasteiger partial charge in [0, 0.05) is 25.3 Å². The van der Waals surface area contributed by atoms with Crippen LogP contribution in [0, 0.1) is 12.8 Å². The van der Waals surface area contributed by atoms with Gasteiger partial charge in [-0.1, -0.05) is 74.9 Å². The molecule has 1 nitrogen and oxygen atoms in total. The first kappa shape index (κ1) is 23.9. The highest BCUT2D eigenvalue weighted by Gasteiger charge is 2.35. The zero-order valence-corrected chi connectivity index (χ0v) is 20.9. The molecule has 0 bridgehead atoms. The molecular formula is C31H41N. The van der Waals surface area contributed by atoms with Gasteiger partial charge in [0.15, 0.2) is 0 Å². The number of allylic oxidation sites excluding steroid dienone is 8. The first-order valence-electron chi connectivity index (χ1n) is 12.0. The van der Waals surface area contributed by atoms with Gasteiger partial charge in [0.05, 0.1) is 0 Å². The molecule has 1 unspecified atom stereocenters. The number of aryl methyl sites for hydroxylation is 1. The van der Waals surface area contributed by atoms with E-state index < -0.39 is 0 Å². The van der Waals surface area contributed by atoms with E-state index in [1.165, 1.54) is 55.9 Å². The third-order valence-corrected chi connectivity index (χ3v) is 6.80. The largest absolute Gasteiger partial charge is 0.337 e. The van der Waals surface area contributed by atoms with Crippen LogP contribution < -0.4 is 0 Å². The quantitative estimate of drug-likeness (QED) is 0.434. The van der Waals surface area contributed by atoms with Crippen LogP contribution in [0.15, 0.2) is 94.9 Å². The molecular weight excluding hydrogens is 386 g/mol. The van der Waals surface area contributed by atoms with Gasteiger partial charge in [-0.3, -0.25) is 0 Å². The molecule has 1 aromatic rings. The Morgan fingerprint density at radius 3 is 2.56 bits per heavy atom. The molecule has 1 saturated heterocycles. The summed E-state index contributed by atoms with van der Waals surface area (Å²) in [5, 5.41) is 0. The predicted octanol–water partition coefficient (Wildman–Crippen LogP) is 8.73. The maximum Gasteiger partial charge on any atom is 0.0490 e. The summed E-state index contributed by atoms with van der Waals surface area (Å²) in [5.41, 5.74) is 14.0. The topological polar surface area (TPSA) is 3.24 Å². The first-order valence-corrected chi connectivity index (χ1v) is 12.0. The van der Waals surface area contributed by atoms with Crippen LogP contribution in [-0.2, 0) is 6.42 Å². The Balaban J connectivity index is 0.000000914. The molecule has 0 amide bonds. The summed E-state index contributed by atoms with van der Waals surface area (Å²) in [7, 11) is 0. The first-order chi connectivity index (χ1) is 15.4. The zero-order valence-electron chi connectivity index (χ0n) is 20.9. The van der Waals surface area contributed by atoms with Crippen molar-refractivity contribution in [1.29, 1.82) is 0 Å². The molecule has 32 heavy (non-hydrogen) atoms. The highest BCUT2D eigenvalue weighted by molar-refractivity contribution is 5.72.